The molecule has 4 rings (SSSR count). The first-order valence-corrected chi connectivity index (χ1v) is 13.3. The lowest BCUT2D eigenvalue weighted by atomic mass is 9.83. The Bertz CT molecular complexity index is 989. The Morgan fingerprint density at radius 2 is 1.59 bits per heavy atom. The minimum Gasteiger partial charge on any atom is -0.376 e. The number of hydrogen-bond donors (Lipinski definition) is 1. The molecular weight excluding hydrogens is 424 g/mol. The van der Waals surface area contributed by atoms with Gasteiger partial charge in [-0.25, -0.2) is 13.1 Å². The van der Waals surface area contributed by atoms with Crippen molar-refractivity contribution < 1.29 is 17.9 Å². The Morgan fingerprint density at radius 1 is 0.969 bits per heavy atom. The Morgan fingerprint density at radius 3 is 2.22 bits per heavy atom. The fourth-order valence-corrected chi connectivity index (χ4v) is 5.74. The first kappa shape index (κ1) is 23.0. The maximum absolute atomic E-state index is 12.8. The summed E-state index contributed by atoms with van der Waals surface area (Å²) in [6.07, 6.45) is 5.55. The molecule has 2 aromatic carbocycles. The minimum absolute atomic E-state index is 0.0450. The molecule has 0 unspecified atom stereocenters. The number of carbonyl (C=O) groups excluding carboxylic acids is 1. The first-order valence-electron chi connectivity index (χ1n) is 11.4. The van der Waals surface area contributed by atoms with Crippen LogP contribution in [0.25, 0.3) is 0 Å². The van der Waals surface area contributed by atoms with Crippen LogP contribution in [0.2, 0.25) is 0 Å². The summed E-state index contributed by atoms with van der Waals surface area (Å²) >= 11 is 0. The van der Waals surface area contributed by atoms with Gasteiger partial charge in [0.1, 0.15) is 0 Å². The smallest absolute Gasteiger partial charge is 0.224 e. The molecule has 0 aromatic heterocycles. The fourth-order valence-electron chi connectivity index (χ4n) is 4.95. The second-order valence-electron chi connectivity index (χ2n) is 8.99. The molecule has 0 bridgehead atoms. The number of ether oxygens (including phenoxy) is 1. The van der Waals surface area contributed by atoms with E-state index in [9.17, 15) is 13.2 Å². The molecule has 1 aliphatic heterocycles. The molecule has 2 atom stereocenters. The SMILES string of the molecule is CS(=O)(=O)N[C@@H]1CC(=O)N(Cc2ccccc2)[C@@H]1CO[C@H]1CC[C@@H](c2ccccc2)CC1. The Balaban J connectivity index is 1.39. The molecule has 1 N–H and O–H groups in total. The maximum atomic E-state index is 12.8. The van der Waals surface area contributed by atoms with Crippen molar-refractivity contribution in [1.82, 2.24) is 9.62 Å². The second-order valence-corrected chi connectivity index (χ2v) is 10.8. The highest BCUT2D eigenvalue weighted by Gasteiger charge is 2.41. The molecule has 0 spiro atoms. The van der Waals surface area contributed by atoms with E-state index in [4.69, 9.17) is 4.74 Å². The van der Waals surface area contributed by atoms with Crippen LogP contribution in [0, 0.1) is 0 Å². The van der Waals surface area contributed by atoms with Gasteiger partial charge in [0.15, 0.2) is 0 Å². The van der Waals surface area contributed by atoms with Crippen LogP contribution in [0.1, 0.15) is 49.1 Å². The van der Waals surface area contributed by atoms with E-state index in [1.165, 1.54) is 5.56 Å². The van der Waals surface area contributed by atoms with Crippen molar-refractivity contribution in [3.05, 3.63) is 71.8 Å². The van der Waals surface area contributed by atoms with Crippen LogP contribution in [0.5, 0.6) is 0 Å². The summed E-state index contributed by atoms with van der Waals surface area (Å²) in [5.74, 6) is 0.523. The normalized spacial score (nSPS) is 26.4. The zero-order chi connectivity index (χ0) is 22.6. The number of nitrogens with one attached hydrogen (secondary N) is 1. The summed E-state index contributed by atoms with van der Waals surface area (Å²) < 4.78 is 32.7. The van der Waals surface area contributed by atoms with E-state index in [0.717, 1.165) is 37.5 Å². The molecule has 1 saturated heterocycles. The largest absolute Gasteiger partial charge is 0.376 e. The molecule has 2 aromatic rings. The number of nitrogens with zero attached hydrogens (tertiary/aromatic N) is 1. The van der Waals surface area contributed by atoms with E-state index in [1.54, 1.807) is 4.90 Å². The van der Waals surface area contributed by atoms with E-state index in [1.807, 2.05) is 36.4 Å². The average Bonchev–Trinajstić information content (AvgIpc) is 3.06. The van der Waals surface area contributed by atoms with Gasteiger partial charge in [-0.15, -0.1) is 0 Å². The predicted octanol–water partition coefficient (Wildman–Crippen LogP) is 3.45. The third-order valence-electron chi connectivity index (χ3n) is 6.59. The van der Waals surface area contributed by atoms with E-state index < -0.39 is 16.1 Å². The molecule has 172 valence electrons. The van der Waals surface area contributed by atoms with Gasteiger partial charge >= 0.3 is 0 Å². The molecule has 1 heterocycles. The highest BCUT2D eigenvalue weighted by molar-refractivity contribution is 7.88. The van der Waals surface area contributed by atoms with Crippen LogP contribution in [0.4, 0.5) is 0 Å². The number of carbonyl (C=O) groups is 1. The minimum atomic E-state index is -3.43. The predicted molar refractivity (Wildman–Crippen MR) is 125 cm³/mol. The summed E-state index contributed by atoms with van der Waals surface area (Å²) in [6, 6.07) is 19.6. The molecule has 2 aliphatic rings. The van der Waals surface area contributed by atoms with Gasteiger partial charge in [0, 0.05) is 13.0 Å². The van der Waals surface area contributed by atoms with Crippen molar-refractivity contribution >= 4 is 15.9 Å². The molecule has 1 amide bonds. The molecule has 32 heavy (non-hydrogen) atoms. The van der Waals surface area contributed by atoms with Crippen molar-refractivity contribution in [3.63, 3.8) is 0 Å². The number of likely N-dealkylation sites (tertiary alicyclic amines) is 1. The molecular formula is C25H32N2O4S. The zero-order valence-electron chi connectivity index (χ0n) is 18.5. The number of rotatable bonds is 8. The van der Waals surface area contributed by atoms with Crippen LogP contribution in [-0.4, -0.2) is 50.3 Å². The standard InChI is InChI=1S/C25H32N2O4S/c1-32(29,30)26-23-16-25(28)27(17-19-8-4-2-5-9-19)24(23)18-31-22-14-12-21(13-15-22)20-10-6-3-7-11-20/h2-11,21-24,26H,12-18H2,1H3/t21-,22+,23-,24-/m1/s1. The number of amides is 1. The van der Waals surface area contributed by atoms with Gasteiger partial charge < -0.3 is 9.64 Å². The molecule has 1 saturated carbocycles. The lowest BCUT2D eigenvalue weighted by molar-refractivity contribution is -0.130. The zero-order valence-corrected chi connectivity index (χ0v) is 19.3. The van der Waals surface area contributed by atoms with Crippen molar-refractivity contribution in [1.29, 1.82) is 0 Å². The summed E-state index contributed by atoms with van der Waals surface area (Å²) in [5, 5.41) is 0. The number of hydrogen-bond acceptors (Lipinski definition) is 4. The van der Waals surface area contributed by atoms with E-state index >= 15 is 0 Å². The quantitative estimate of drug-likeness (QED) is 0.660. The lowest BCUT2D eigenvalue weighted by Gasteiger charge is -2.33. The van der Waals surface area contributed by atoms with Crippen LogP contribution in [0.15, 0.2) is 60.7 Å². The second kappa shape index (κ2) is 10.1. The molecule has 7 heteroatoms. The highest BCUT2D eigenvalue weighted by Crippen LogP contribution is 2.34. The highest BCUT2D eigenvalue weighted by atomic mass is 32.2. The third-order valence-corrected chi connectivity index (χ3v) is 7.32. The summed E-state index contributed by atoms with van der Waals surface area (Å²) in [5.41, 5.74) is 2.41. The topological polar surface area (TPSA) is 75.7 Å². The fraction of sp³-hybridized carbons (Fsp3) is 0.480. The van der Waals surface area contributed by atoms with Crippen molar-refractivity contribution in [2.24, 2.45) is 0 Å². The Kier molecular flexibility index (Phi) is 7.28. The first-order chi connectivity index (χ1) is 15.4. The average molecular weight is 457 g/mol. The van der Waals surface area contributed by atoms with E-state index in [2.05, 4.69) is 29.0 Å². The summed E-state index contributed by atoms with van der Waals surface area (Å²) in [6.45, 7) is 0.794. The molecule has 6 nitrogen and oxygen atoms in total. The van der Waals surface area contributed by atoms with Crippen LogP contribution >= 0.6 is 0 Å². The van der Waals surface area contributed by atoms with Gasteiger partial charge in [-0.1, -0.05) is 60.7 Å². The summed E-state index contributed by atoms with van der Waals surface area (Å²) in [7, 11) is -3.43. The van der Waals surface area contributed by atoms with Gasteiger partial charge in [0.2, 0.25) is 15.9 Å². The molecule has 2 fully saturated rings. The lowest BCUT2D eigenvalue weighted by Crippen LogP contribution is -2.47. The molecule has 0 radical (unpaired) electrons. The van der Waals surface area contributed by atoms with Crippen molar-refractivity contribution in [2.75, 3.05) is 12.9 Å². The van der Waals surface area contributed by atoms with Gasteiger partial charge in [0.25, 0.3) is 0 Å². The maximum Gasteiger partial charge on any atom is 0.224 e. The summed E-state index contributed by atoms with van der Waals surface area (Å²) in [4.78, 5) is 14.5. The van der Waals surface area contributed by atoms with Gasteiger partial charge in [0.05, 0.1) is 31.1 Å². The van der Waals surface area contributed by atoms with Crippen LogP contribution < -0.4 is 4.72 Å². The Hall–Kier alpha value is -2.22. The van der Waals surface area contributed by atoms with Gasteiger partial charge in [-0.3, -0.25) is 4.79 Å². The van der Waals surface area contributed by atoms with E-state index in [0.29, 0.717) is 19.1 Å². The van der Waals surface area contributed by atoms with E-state index in [-0.39, 0.29) is 24.5 Å². The van der Waals surface area contributed by atoms with Crippen LogP contribution in [0.3, 0.4) is 0 Å². The van der Waals surface area contributed by atoms with Crippen molar-refractivity contribution in [3.8, 4) is 0 Å². The molecule has 1 aliphatic carbocycles. The number of sulfonamides is 1. The van der Waals surface area contributed by atoms with Crippen LogP contribution in [-0.2, 0) is 26.1 Å². The Labute approximate surface area is 191 Å². The number of benzene rings is 2. The van der Waals surface area contributed by atoms with Gasteiger partial charge in [-0.05, 0) is 42.7 Å². The van der Waals surface area contributed by atoms with Gasteiger partial charge in [-0.2, -0.15) is 0 Å². The third kappa shape index (κ3) is 5.97. The van der Waals surface area contributed by atoms with Crippen molar-refractivity contribution in [2.45, 2.75) is 62.8 Å². The monoisotopic (exact) mass is 456 g/mol.